The van der Waals surface area contributed by atoms with Crippen molar-refractivity contribution in [3.8, 4) is 5.75 Å². The van der Waals surface area contributed by atoms with Crippen LogP contribution in [0.2, 0.25) is 0 Å². The van der Waals surface area contributed by atoms with Gasteiger partial charge in [0, 0.05) is 44.1 Å². The molecule has 6 heteroatoms. The highest BCUT2D eigenvalue weighted by Gasteiger charge is 2.27. The van der Waals surface area contributed by atoms with Crippen LogP contribution in [0.1, 0.15) is 37.4 Å². The second-order valence-corrected chi connectivity index (χ2v) is 6.85. The molecular weight excluding hydrogens is 342 g/mol. The Morgan fingerprint density at radius 1 is 1.00 bits per heavy atom. The Bertz CT molecular complexity index is 857. The van der Waals surface area contributed by atoms with E-state index in [1.165, 1.54) is 0 Å². The lowest BCUT2D eigenvalue weighted by Gasteiger charge is -2.35. The third-order valence-electron chi connectivity index (χ3n) is 5.22. The molecule has 0 aliphatic carbocycles. The van der Waals surface area contributed by atoms with E-state index in [9.17, 15) is 9.59 Å². The number of piperazine rings is 1. The molecule has 0 atom stereocenters. The second-order valence-electron chi connectivity index (χ2n) is 6.85. The van der Waals surface area contributed by atoms with Crippen molar-refractivity contribution in [3.63, 3.8) is 0 Å². The van der Waals surface area contributed by atoms with E-state index >= 15 is 0 Å². The Morgan fingerprint density at radius 3 is 2.19 bits per heavy atom. The molecule has 3 rings (SSSR count). The van der Waals surface area contributed by atoms with Crippen LogP contribution >= 0.6 is 0 Å². The molecule has 0 N–H and O–H groups in total. The maximum atomic E-state index is 13.0. The number of carbonyl (C=O) groups excluding carboxylic acids is 2. The average molecular weight is 367 g/mol. The van der Waals surface area contributed by atoms with Crippen LogP contribution in [0.15, 0.2) is 30.6 Å². The molecule has 2 amide bonds. The van der Waals surface area contributed by atoms with Gasteiger partial charge in [0.05, 0.1) is 12.7 Å². The normalized spacial score (nSPS) is 14.2. The van der Waals surface area contributed by atoms with Gasteiger partial charge in [-0.25, -0.2) is 0 Å². The number of carbonyl (C=O) groups is 2. The molecule has 1 aliphatic heterocycles. The maximum absolute atomic E-state index is 13.0. The molecule has 1 fully saturated rings. The van der Waals surface area contributed by atoms with Crippen LogP contribution in [-0.2, 0) is 0 Å². The summed E-state index contributed by atoms with van der Waals surface area (Å²) in [5.41, 5.74) is 4.17. The van der Waals surface area contributed by atoms with E-state index in [1.807, 2.05) is 31.7 Å². The van der Waals surface area contributed by atoms with E-state index in [4.69, 9.17) is 4.74 Å². The van der Waals surface area contributed by atoms with Gasteiger partial charge in [-0.05, 0) is 55.7 Å². The van der Waals surface area contributed by atoms with Crippen LogP contribution in [0.3, 0.4) is 0 Å². The van der Waals surface area contributed by atoms with Crippen molar-refractivity contribution in [1.29, 1.82) is 0 Å². The summed E-state index contributed by atoms with van der Waals surface area (Å²) in [7, 11) is 1.65. The topological polar surface area (TPSA) is 62.7 Å². The lowest BCUT2D eigenvalue weighted by molar-refractivity contribution is 0.0534. The molecule has 0 radical (unpaired) electrons. The summed E-state index contributed by atoms with van der Waals surface area (Å²) in [6.07, 6.45) is 3.22. The number of aromatic nitrogens is 1. The highest BCUT2D eigenvalue weighted by atomic mass is 16.5. The fourth-order valence-electron chi connectivity index (χ4n) is 3.55. The van der Waals surface area contributed by atoms with Gasteiger partial charge in [-0.3, -0.25) is 14.6 Å². The Kier molecular flexibility index (Phi) is 5.44. The number of aryl methyl sites for hydroxylation is 1. The third-order valence-corrected chi connectivity index (χ3v) is 5.22. The standard InChI is InChI=1S/C21H25N3O3/c1-14-12-18(15(2)16(3)19(14)27-4)21(26)24-10-8-23(9-11-24)20(25)17-6-5-7-22-13-17/h5-7,12-13H,8-11H2,1-4H3. The van der Waals surface area contributed by atoms with Gasteiger partial charge in [0.2, 0.25) is 0 Å². The van der Waals surface area contributed by atoms with Gasteiger partial charge in [0.1, 0.15) is 5.75 Å². The van der Waals surface area contributed by atoms with Crippen molar-refractivity contribution in [2.45, 2.75) is 20.8 Å². The maximum Gasteiger partial charge on any atom is 0.255 e. The lowest BCUT2D eigenvalue weighted by Crippen LogP contribution is -2.50. The number of ether oxygens (including phenoxy) is 1. The lowest BCUT2D eigenvalue weighted by atomic mass is 9.97. The molecule has 1 saturated heterocycles. The summed E-state index contributed by atoms with van der Waals surface area (Å²) < 4.78 is 5.45. The molecule has 6 nitrogen and oxygen atoms in total. The van der Waals surface area contributed by atoms with Crippen molar-refractivity contribution in [2.24, 2.45) is 0 Å². The molecule has 27 heavy (non-hydrogen) atoms. The summed E-state index contributed by atoms with van der Waals surface area (Å²) in [6.45, 7) is 7.96. The molecule has 2 aromatic rings. The predicted octanol–water partition coefficient (Wildman–Crippen LogP) is 2.61. The summed E-state index contributed by atoms with van der Waals surface area (Å²) in [6, 6.07) is 5.42. The summed E-state index contributed by atoms with van der Waals surface area (Å²) >= 11 is 0. The van der Waals surface area contributed by atoms with E-state index in [0.717, 1.165) is 22.4 Å². The fourth-order valence-corrected chi connectivity index (χ4v) is 3.55. The van der Waals surface area contributed by atoms with Crippen molar-refractivity contribution in [1.82, 2.24) is 14.8 Å². The largest absolute Gasteiger partial charge is 0.496 e. The zero-order chi connectivity index (χ0) is 19.6. The van der Waals surface area contributed by atoms with Gasteiger partial charge in [-0.15, -0.1) is 0 Å². The molecule has 142 valence electrons. The SMILES string of the molecule is COc1c(C)cc(C(=O)N2CCN(C(=O)c3cccnc3)CC2)c(C)c1C. The van der Waals surface area contributed by atoms with Gasteiger partial charge in [0.15, 0.2) is 0 Å². The first-order chi connectivity index (χ1) is 12.9. The van der Waals surface area contributed by atoms with E-state index in [-0.39, 0.29) is 11.8 Å². The van der Waals surface area contributed by atoms with Crippen LogP contribution < -0.4 is 4.74 Å². The number of hydrogen-bond donors (Lipinski definition) is 0. The van der Waals surface area contributed by atoms with Crippen LogP contribution in [0.25, 0.3) is 0 Å². The minimum absolute atomic E-state index is 0.00910. The van der Waals surface area contributed by atoms with Crippen LogP contribution in [0.5, 0.6) is 5.75 Å². The highest BCUT2D eigenvalue weighted by Crippen LogP contribution is 2.29. The molecular formula is C21H25N3O3. The Morgan fingerprint density at radius 2 is 1.63 bits per heavy atom. The smallest absolute Gasteiger partial charge is 0.255 e. The molecule has 1 aliphatic rings. The first kappa shape index (κ1) is 18.9. The fraction of sp³-hybridized carbons (Fsp3) is 0.381. The van der Waals surface area contributed by atoms with Crippen molar-refractivity contribution < 1.29 is 14.3 Å². The van der Waals surface area contributed by atoms with Crippen molar-refractivity contribution in [2.75, 3.05) is 33.3 Å². The third kappa shape index (κ3) is 3.65. The molecule has 1 aromatic heterocycles. The Balaban J connectivity index is 1.71. The summed E-state index contributed by atoms with van der Waals surface area (Å²) in [5, 5.41) is 0. The number of rotatable bonds is 3. The average Bonchev–Trinajstić information content (AvgIpc) is 2.71. The van der Waals surface area contributed by atoms with Gasteiger partial charge >= 0.3 is 0 Å². The minimum Gasteiger partial charge on any atom is -0.496 e. The van der Waals surface area contributed by atoms with Gasteiger partial charge < -0.3 is 14.5 Å². The predicted molar refractivity (Wildman–Crippen MR) is 103 cm³/mol. The number of benzene rings is 1. The number of amides is 2. The van der Waals surface area contributed by atoms with Crippen LogP contribution in [-0.4, -0.2) is 59.9 Å². The van der Waals surface area contributed by atoms with Crippen LogP contribution in [0, 0.1) is 20.8 Å². The molecule has 0 saturated carbocycles. The number of hydrogen-bond acceptors (Lipinski definition) is 4. The summed E-state index contributed by atoms with van der Waals surface area (Å²) in [4.78, 5) is 33.2. The Labute approximate surface area is 159 Å². The molecule has 2 heterocycles. The number of nitrogens with zero attached hydrogens (tertiary/aromatic N) is 3. The quantitative estimate of drug-likeness (QED) is 0.837. The summed E-state index contributed by atoms with van der Waals surface area (Å²) in [5.74, 6) is 0.799. The minimum atomic E-state index is -0.0393. The molecule has 0 unspecified atom stereocenters. The van der Waals surface area contributed by atoms with Gasteiger partial charge in [-0.2, -0.15) is 0 Å². The van der Waals surface area contributed by atoms with Crippen molar-refractivity contribution >= 4 is 11.8 Å². The molecule has 1 aromatic carbocycles. The van der Waals surface area contributed by atoms with E-state index in [0.29, 0.717) is 37.3 Å². The van der Waals surface area contributed by atoms with E-state index in [1.54, 1.807) is 36.5 Å². The first-order valence-corrected chi connectivity index (χ1v) is 9.07. The zero-order valence-corrected chi connectivity index (χ0v) is 16.3. The molecule has 0 spiro atoms. The van der Waals surface area contributed by atoms with Gasteiger partial charge in [-0.1, -0.05) is 0 Å². The second kappa shape index (κ2) is 7.78. The zero-order valence-electron chi connectivity index (χ0n) is 16.3. The van der Waals surface area contributed by atoms with Crippen LogP contribution in [0.4, 0.5) is 0 Å². The Hall–Kier alpha value is -2.89. The van der Waals surface area contributed by atoms with E-state index in [2.05, 4.69) is 4.98 Å². The van der Waals surface area contributed by atoms with E-state index < -0.39 is 0 Å². The van der Waals surface area contributed by atoms with Gasteiger partial charge in [0.25, 0.3) is 11.8 Å². The monoisotopic (exact) mass is 367 g/mol. The molecule has 0 bridgehead atoms. The van der Waals surface area contributed by atoms with Crippen molar-refractivity contribution in [3.05, 3.63) is 58.4 Å². The number of methoxy groups -OCH3 is 1. The first-order valence-electron chi connectivity index (χ1n) is 9.07. The number of pyridine rings is 1. The highest BCUT2D eigenvalue weighted by molar-refractivity contribution is 5.97.